The summed E-state index contributed by atoms with van der Waals surface area (Å²) >= 11 is 0. The highest BCUT2D eigenvalue weighted by Crippen LogP contribution is 2.20. The first-order valence-electron chi connectivity index (χ1n) is 10.1. The Labute approximate surface area is 188 Å². The van der Waals surface area contributed by atoms with Gasteiger partial charge in [-0.15, -0.1) is 0 Å². The zero-order valence-electron chi connectivity index (χ0n) is 18.5. The molecule has 32 heavy (non-hydrogen) atoms. The number of aryl methyl sites for hydroxylation is 1. The van der Waals surface area contributed by atoms with Gasteiger partial charge in [0.25, 0.3) is 5.91 Å². The van der Waals surface area contributed by atoms with E-state index in [1.54, 1.807) is 82.3 Å². The van der Waals surface area contributed by atoms with Gasteiger partial charge in [0.1, 0.15) is 0 Å². The van der Waals surface area contributed by atoms with Gasteiger partial charge in [-0.1, -0.05) is 48.5 Å². The molecule has 7 heteroatoms. The zero-order valence-corrected chi connectivity index (χ0v) is 19.3. The van der Waals surface area contributed by atoms with Crippen LogP contribution in [-0.2, 0) is 10.0 Å². The van der Waals surface area contributed by atoms with E-state index < -0.39 is 21.5 Å². The fourth-order valence-corrected chi connectivity index (χ4v) is 4.61. The van der Waals surface area contributed by atoms with Gasteiger partial charge in [0.2, 0.25) is 10.0 Å². The van der Waals surface area contributed by atoms with Crippen LogP contribution in [0.4, 0.5) is 5.69 Å². The van der Waals surface area contributed by atoms with Gasteiger partial charge >= 0.3 is 0 Å². The molecular weight excluding hydrogens is 424 g/mol. The van der Waals surface area contributed by atoms with Crippen LogP contribution in [0.25, 0.3) is 0 Å². The highest BCUT2D eigenvalue weighted by atomic mass is 32.2. The molecule has 3 aromatic rings. The number of nitrogens with one attached hydrogen (secondary N) is 2. The molecule has 0 saturated carbocycles. The van der Waals surface area contributed by atoms with E-state index in [1.165, 1.54) is 12.1 Å². The molecule has 0 aromatic heterocycles. The van der Waals surface area contributed by atoms with E-state index in [2.05, 4.69) is 10.0 Å². The van der Waals surface area contributed by atoms with Gasteiger partial charge in [0.15, 0.2) is 5.78 Å². The standard InChI is InChI=1S/C25H26N2O4S/c1-17-13-14-21(32(30,31)27-25(2,3)4)16-22(17)24(29)26-20-12-8-11-19(15-20)23(28)18-9-6-5-7-10-18/h5-16,27H,1-4H3,(H,26,29). The third-order valence-electron chi connectivity index (χ3n) is 4.62. The minimum absolute atomic E-state index is 0.0104. The van der Waals surface area contributed by atoms with Gasteiger partial charge in [-0.3, -0.25) is 9.59 Å². The van der Waals surface area contributed by atoms with Crippen LogP contribution in [-0.4, -0.2) is 25.6 Å². The summed E-state index contributed by atoms with van der Waals surface area (Å²) < 4.78 is 27.9. The van der Waals surface area contributed by atoms with Crippen molar-refractivity contribution >= 4 is 27.4 Å². The Morgan fingerprint density at radius 2 is 1.47 bits per heavy atom. The zero-order chi connectivity index (χ0) is 23.5. The van der Waals surface area contributed by atoms with E-state index in [1.807, 2.05) is 6.07 Å². The largest absolute Gasteiger partial charge is 0.322 e. The maximum atomic E-state index is 12.9. The molecule has 0 radical (unpaired) electrons. The van der Waals surface area contributed by atoms with Crippen molar-refractivity contribution in [3.05, 3.63) is 95.1 Å². The van der Waals surface area contributed by atoms with E-state index in [0.717, 1.165) is 0 Å². The number of sulfonamides is 1. The minimum Gasteiger partial charge on any atom is -0.322 e. The lowest BCUT2D eigenvalue weighted by molar-refractivity contribution is 0.102. The monoisotopic (exact) mass is 450 g/mol. The quantitative estimate of drug-likeness (QED) is 0.539. The summed E-state index contributed by atoms with van der Waals surface area (Å²) in [5.41, 5.74) is 1.65. The molecule has 3 rings (SSSR count). The molecule has 6 nitrogen and oxygen atoms in total. The first-order chi connectivity index (χ1) is 15.0. The average molecular weight is 451 g/mol. The number of ketones is 1. The summed E-state index contributed by atoms with van der Waals surface area (Å²) in [6, 6.07) is 20.0. The van der Waals surface area contributed by atoms with Crippen LogP contribution in [0.5, 0.6) is 0 Å². The van der Waals surface area contributed by atoms with Crippen LogP contribution in [0.1, 0.15) is 52.6 Å². The second-order valence-corrected chi connectivity index (χ2v) is 10.2. The lowest BCUT2D eigenvalue weighted by Gasteiger charge is -2.20. The minimum atomic E-state index is -3.79. The van der Waals surface area contributed by atoms with Crippen molar-refractivity contribution in [1.29, 1.82) is 0 Å². The number of amides is 1. The number of benzene rings is 3. The predicted octanol–water partition coefficient (Wildman–Crippen LogP) is 4.56. The van der Waals surface area contributed by atoms with Crippen molar-refractivity contribution in [1.82, 2.24) is 4.72 Å². The Bertz CT molecular complexity index is 1260. The molecule has 0 bridgehead atoms. The average Bonchev–Trinajstić information content (AvgIpc) is 2.72. The second-order valence-electron chi connectivity index (χ2n) is 8.56. The maximum Gasteiger partial charge on any atom is 0.255 e. The van der Waals surface area contributed by atoms with Crippen LogP contribution >= 0.6 is 0 Å². The van der Waals surface area contributed by atoms with Crippen LogP contribution in [0.15, 0.2) is 77.7 Å². The van der Waals surface area contributed by atoms with Crippen molar-refractivity contribution in [2.45, 2.75) is 38.1 Å². The highest BCUT2D eigenvalue weighted by molar-refractivity contribution is 7.89. The summed E-state index contributed by atoms with van der Waals surface area (Å²) in [5, 5.41) is 2.77. The van der Waals surface area contributed by atoms with Crippen molar-refractivity contribution in [2.24, 2.45) is 0 Å². The van der Waals surface area contributed by atoms with Crippen molar-refractivity contribution < 1.29 is 18.0 Å². The molecule has 0 aliphatic rings. The van der Waals surface area contributed by atoms with Crippen LogP contribution in [0.2, 0.25) is 0 Å². The number of carbonyl (C=O) groups is 2. The molecule has 0 spiro atoms. The summed E-state index contributed by atoms with van der Waals surface area (Å²) in [5.74, 6) is -0.612. The van der Waals surface area contributed by atoms with Crippen molar-refractivity contribution in [2.75, 3.05) is 5.32 Å². The molecule has 0 atom stereocenters. The Kier molecular flexibility index (Phi) is 6.62. The molecular formula is C25H26N2O4S. The number of rotatable bonds is 6. The normalized spacial score (nSPS) is 11.8. The molecule has 0 unspecified atom stereocenters. The van der Waals surface area contributed by atoms with E-state index in [-0.39, 0.29) is 16.2 Å². The maximum absolute atomic E-state index is 12.9. The van der Waals surface area contributed by atoms with Gasteiger partial charge in [-0.2, -0.15) is 0 Å². The number of hydrogen-bond acceptors (Lipinski definition) is 4. The van der Waals surface area contributed by atoms with Gasteiger partial charge in [-0.25, -0.2) is 13.1 Å². The SMILES string of the molecule is Cc1ccc(S(=O)(=O)NC(C)(C)C)cc1C(=O)Nc1cccc(C(=O)c2ccccc2)c1. The van der Waals surface area contributed by atoms with Crippen LogP contribution in [0, 0.1) is 6.92 Å². The smallest absolute Gasteiger partial charge is 0.255 e. The Balaban J connectivity index is 1.86. The van der Waals surface area contributed by atoms with Gasteiger partial charge < -0.3 is 5.32 Å². The molecule has 0 heterocycles. The third-order valence-corrected chi connectivity index (χ3v) is 6.38. The van der Waals surface area contributed by atoms with E-state index in [0.29, 0.717) is 22.4 Å². The van der Waals surface area contributed by atoms with Gasteiger partial charge in [0.05, 0.1) is 4.90 Å². The molecule has 1 amide bonds. The van der Waals surface area contributed by atoms with Gasteiger partial charge in [-0.05, 0) is 57.5 Å². The van der Waals surface area contributed by atoms with E-state index >= 15 is 0 Å². The van der Waals surface area contributed by atoms with E-state index in [4.69, 9.17) is 0 Å². The van der Waals surface area contributed by atoms with Gasteiger partial charge in [0, 0.05) is 27.9 Å². The molecule has 0 fully saturated rings. The van der Waals surface area contributed by atoms with E-state index in [9.17, 15) is 18.0 Å². The first-order valence-corrected chi connectivity index (χ1v) is 11.6. The lowest BCUT2D eigenvalue weighted by atomic mass is 10.0. The fourth-order valence-electron chi connectivity index (χ4n) is 3.17. The Morgan fingerprint density at radius 3 is 2.12 bits per heavy atom. The van der Waals surface area contributed by atoms with Crippen LogP contribution < -0.4 is 10.0 Å². The molecule has 0 aliphatic heterocycles. The fraction of sp³-hybridized carbons (Fsp3) is 0.200. The summed E-state index contributed by atoms with van der Waals surface area (Å²) in [4.78, 5) is 25.6. The predicted molar refractivity (Wildman–Crippen MR) is 126 cm³/mol. The molecule has 3 aromatic carbocycles. The second kappa shape index (κ2) is 9.06. The lowest BCUT2D eigenvalue weighted by Crippen LogP contribution is -2.40. The van der Waals surface area contributed by atoms with Crippen molar-refractivity contribution in [3.63, 3.8) is 0 Å². The van der Waals surface area contributed by atoms with Crippen LogP contribution in [0.3, 0.4) is 0 Å². The topological polar surface area (TPSA) is 92.3 Å². The Morgan fingerprint density at radius 1 is 0.812 bits per heavy atom. The number of carbonyl (C=O) groups excluding carboxylic acids is 2. The Hall–Kier alpha value is -3.29. The number of anilines is 1. The molecule has 0 saturated heterocycles. The summed E-state index contributed by atoms with van der Waals surface area (Å²) in [6.07, 6.45) is 0. The summed E-state index contributed by atoms with van der Waals surface area (Å²) in [6.45, 7) is 6.97. The first kappa shape index (κ1) is 23.4. The van der Waals surface area contributed by atoms with Crippen molar-refractivity contribution in [3.8, 4) is 0 Å². The molecule has 166 valence electrons. The molecule has 0 aliphatic carbocycles. The highest BCUT2D eigenvalue weighted by Gasteiger charge is 2.23. The number of hydrogen-bond donors (Lipinski definition) is 2. The summed E-state index contributed by atoms with van der Waals surface area (Å²) in [7, 11) is -3.79. The molecule has 2 N–H and O–H groups in total. The third kappa shape index (κ3) is 5.69.